The zero-order chi connectivity index (χ0) is 69.7. The fourth-order valence-corrected chi connectivity index (χ4v) is 12.8. The number of aliphatic hydroxyl groups excluding tert-OH is 1. The first-order valence-corrected chi connectivity index (χ1v) is 42.1. The first-order valence-electron chi connectivity index (χ1n) is 39.1. The van der Waals surface area contributed by atoms with Gasteiger partial charge in [0.15, 0.2) is 12.2 Å². The van der Waals surface area contributed by atoms with Crippen LogP contribution in [0, 0.1) is 0 Å². The molecule has 0 saturated carbocycles. The first kappa shape index (κ1) is 92.5. The van der Waals surface area contributed by atoms with E-state index in [9.17, 15) is 43.2 Å². The molecule has 0 aromatic rings. The van der Waals surface area contributed by atoms with Crippen LogP contribution in [0.5, 0.6) is 0 Å². The third-order valence-corrected chi connectivity index (χ3v) is 19.1. The van der Waals surface area contributed by atoms with Crippen LogP contribution in [0.1, 0.15) is 381 Å². The SMILES string of the molecule is CCCCCC/C=C\C=C/CCCCCCCC(=O)OC[C@H](COP(=O)(O)OC[C@@H](O)COP(=O)(O)OC[C@@H](COC(=O)CCCCCCCCCCCC)OC(=O)CCCCCCCCCCCC)OC(=O)CCCCCCCCCCCCCCCCCCCCCC. The van der Waals surface area contributed by atoms with Gasteiger partial charge in [0, 0.05) is 25.7 Å². The zero-order valence-electron chi connectivity index (χ0n) is 61.1. The molecule has 0 fully saturated rings. The fourth-order valence-electron chi connectivity index (χ4n) is 11.2. The minimum Gasteiger partial charge on any atom is -0.462 e. The summed E-state index contributed by atoms with van der Waals surface area (Å²) >= 11 is 0. The molecule has 0 saturated heterocycles. The zero-order valence-corrected chi connectivity index (χ0v) is 62.9. The van der Waals surface area contributed by atoms with Crippen LogP contribution in [0.15, 0.2) is 24.3 Å². The number of phosphoric ester groups is 2. The molecule has 0 aromatic carbocycles. The van der Waals surface area contributed by atoms with Crippen LogP contribution in [0.4, 0.5) is 0 Å². The predicted octanol–water partition coefficient (Wildman–Crippen LogP) is 22.2. The lowest BCUT2D eigenvalue weighted by Gasteiger charge is -2.21. The second-order valence-corrected chi connectivity index (χ2v) is 29.6. The Hall–Kier alpha value is -2.46. The average Bonchev–Trinajstić information content (AvgIpc) is 2.07. The van der Waals surface area contributed by atoms with Gasteiger partial charge in [-0.2, -0.15) is 0 Å². The Kier molecular flexibility index (Phi) is 68.2. The van der Waals surface area contributed by atoms with Crippen molar-refractivity contribution < 1.29 is 80.2 Å². The molecule has 0 aromatic heterocycles. The number of hydrogen-bond acceptors (Lipinski definition) is 15. The maximum absolute atomic E-state index is 13.1. The molecule has 17 nitrogen and oxygen atoms in total. The Morgan fingerprint density at radius 1 is 0.295 bits per heavy atom. The van der Waals surface area contributed by atoms with Crippen LogP contribution in [0.25, 0.3) is 0 Å². The summed E-state index contributed by atoms with van der Waals surface area (Å²) in [6.07, 6.45) is 63.3. The van der Waals surface area contributed by atoms with Gasteiger partial charge in [0.05, 0.1) is 26.4 Å². The molecule has 0 aliphatic rings. The molecule has 0 aliphatic carbocycles. The summed E-state index contributed by atoms with van der Waals surface area (Å²) in [6, 6.07) is 0. The molecular formula is C76H144O17P2. The molecular weight excluding hydrogens is 1250 g/mol. The molecule has 3 N–H and O–H groups in total. The number of allylic oxidation sites excluding steroid dienone is 4. The van der Waals surface area contributed by atoms with Gasteiger partial charge in [-0.15, -0.1) is 0 Å². The Balaban J connectivity index is 5.23. The quantitative estimate of drug-likeness (QED) is 0.0169. The summed E-state index contributed by atoms with van der Waals surface area (Å²) in [5.41, 5.74) is 0. The highest BCUT2D eigenvalue weighted by Gasteiger charge is 2.30. The molecule has 0 amide bonds. The lowest BCUT2D eigenvalue weighted by Crippen LogP contribution is -2.30. The van der Waals surface area contributed by atoms with Crippen molar-refractivity contribution >= 4 is 39.5 Å². The van der Waals surface area contributed by atoms with E-state index in [-0.39, 0.29) is 25.7 Å². The number of aliphatic hydroxyl groups is 1. The molecule has 0 heterocycles. The van der Waals surface area contributed by atoms with Crippen molar-refractivity contribution in [1.29, 1.82) is 0 Å². The van der Waals surface area contributed by atoms with Crippen LogP contribution >= 0.6 is 15.6 Å². The summed E-state index contributed by atoms with van der Waals surface area (Å²) in [5.74, 6) is -2.14. The number of hydrogen-bond donors (Lipinski definition) is 3. The van der Waals surface area contributed by atoms with Crippen LogP contribution < -0.4 is 0 Å². The number of phosphoric acid groups is 2. The highest BCUT2D eigenvalue weighted by Crippen LogP contribution is 2.45. The van der Waals surface area contributed by atoms with Crippen LogP contribution in [-0.2, 0) is 65.4 Å². The van der Waals surface area contributed by atoms with Crippen molar-refractivity contribution in [3.05, 3.63) is 24.3 Å². The van der Waals surface area contributed by atoms with Crippen molar-refractivity contribution in [2.24, 2.45) is 0 Å². The van der Waals surface area contributed by atoms with Gasteiger partial charge in [0.1, 0.15) is 19.3 Å². The summed E-state index contributed by atoms with van der Waals surface area (Å²) in [7, 11) is -9.92. The summed E-state index contributed by atoms with van der Waals surface area (Å²) in [4.78, 5) is 72.7. The number of ether oxygens (including phenoxy) is 4. The lowest BCUT2D eigenvalue weighted by atomic mass is 10.0. The van der Waals surface area contributed by atoms with Gasteiger partial charge in [-0.1, -0.05) is 328 Å². The number of carbonyl (C=O) groups excluding carboxylic acids is 4. The summed E-state index contributed by atoms with van der Waals surface area (Å²) in [5, 5.41) is 10.6. The highest BCUT2D eigenvalue weighted by molar-refractivity contribution is 7.47. The predicted molar refractivity (Wildman–Crippen MR) is 386 cm³/mol. The van der Waals surface area contributed by atoms with Crippen molar-refractivity contribution in [2.75, 3.05) is 39.6 Å². The molecule has 5 atom stereocenters. The van der Waals surface area contributed by atoms with Crippen molar-refractivity contribution in [2.45, 2.75) is 399 Å². The standard InChI is InChI=1S/C76H144O17P2/c1-5-9-13-17-21-25-29-31-33-34-35-36-37-39-41-43-47-51-55-59-63-76(81)93-72(67-87-74(79)61-57-53-49-46-42-40-38-32-30-26-22-18-14-10-6-2)69-91-95(84,85)89-65-70(77)64-88-94(82,83)90-68-71(92-75(80)62-58-54-50-45-28-24-20-16-12-8-4)66-86-73(78)60-56-52-48-44-27-23-19-15-11-7-3/h26,30,32,38,70-72,77H,5-25,27-29,31,33-37,39-69H2,1-4H3,(H,82,83)(H,84,85)/b30-26-,38-32-/t70-,71+,72+/m0/s1. The summed E-state index contributed by atoms with van der Waals surface area (Å²) in [6.45, 7) is 4.90. The van der Waals surface area contributed by atoms with E-state index in [0.717, 1.165) is 109 Å². The maximum atomic E-state index is 13.1. The van der Waals surface area contributed by atoms with E-state index in [1.54, 1.807) is 0 Å². The minimum absolute atomic E-state index is 0.102. The monoisotopic (exact) mass is 1390 g/mol. The van der Waals surface area contributed by atoms with Gasteiger partial charge in [0.2, 0.25) is 0 Å². The van der Waals surface area contributed by atoms with E-state index in [1.807, 2.05) is 0 Å². The minimum atomic E-state index is -4.96. The highest BCUT2D eigenvalue weighted by atomic mass is 31.2. The Bertz CT molecular complexity index is 1900. The molecule has 0 bridgehead atoms. The van der Waals surface area contributed by atoms with E-state index >= 15 is 0 Å². The average molecular weight is 1390 g/mol. The Morgan fingerprint density at radius 2 is 0.505 bits per heavy atom. The van der Waals surface area contributed by atoms with E-state index in [1.165, 1.54) is 193 Å². The molecule has 0 aliphatic heterocycles. The van der Waals surface area contributed by atoms with Crippen LogP contribution in [-0.4, -0.2) is 96.7 Å². The molecule has 0 rings (SSSR count). The molecule has 95 heavy (non-hydrogen) atoms. The Labute approximate surface area is 580 Å². The van der Waals surface area contributed by atoms with Crippen molar-refractivity contribution in [1.82, 2.24) is 0 Å². The molecule has 19 heteroatoms. The number of rotatable bonds is 75. The molecule has 0 spiro atoms. The van der Waals surface area contributed by atoms with Gasteiger partial charge in [-0.3, -0.25) is 37.3 Å². The van der Waals surface area contributed by atoms with Gasteiger partial charge in [0.25, 0.3) is 0 Å². The second-order valence-electron chi connectivity index (χ2n) is 26.7. The van der Waals surface area contributed by atoms with E-state index < -0.39 is 97.5 Å². The van der Waals surface area contributed by atoms with Crippen molar-refractivity contribution in [3.63, 3.8) is 0 Å². The largest absolute Gasteiger partial charge is 0.472 e. The third kappa shape index (κ3) is 69.8. The van der Waals surface area contributed by atoms with E-state index in [4.69, 9.17) is 37.0 Å². The fraction of sp³-hybridized carbons (Fsp3) is 0.895. The lowest BCUT2D eigenvalue weighted by molar-refractivity contribution is -0.161. The molecule has 560 valence electrons. The first-order chi connectivity index (χ1) is 46.2. The van der Waals surface area contributed by atoms with Gasteiger partial charge < -0.3 is 33.8 Å². The summed E-state index contributed by atoms with van der Waals surface area (Å²) < 4.78 is 68.4. The van der Waals surface area contributed by atoms with Crippen LogP contribution in [0.2, 0.25) is 0 Å². The normalized spacial score (nSPS) is 14.1. The number of unbranched alkanes of at least 4 members (excludes halogenated alkanes) is 46. The van der Waals surface area contributed by atoms with Gasteiger partial charge >= 0.3 is 39.5 Å². The molecule has 2 unspecified atom stereocenters. The van der Waals surface area contributed by atoms with E-state index in [2.05, 4.69) is 52.0 Å². The maximum Gasteiger partial charge on any atom is 0.472 e. The topological polar surface area (TPSA) is 237 Å². The van der Waals surface area contributed by atoms with E-state index in [0.29, 0.717) is 25.7 Å². The number of esters is 4. The van der Waals surface area contributed by atoms with Crippen LogP contribution in [0.3, 0.4) is 0 Å². The second kappa shape index (κ2) is 70.0. The molecule has 0 radical (unpaired) electrons. The Morgan fingerprint density at radius 3 is 0.768 bits per heavy atom. The van der Waals surface area contributed by atoms with Gasteiger partial charge in [-0.25, -0.2) is 9.13 Å². The third-order valence-electron chi connectivity index (χ3n) is 17.2. The smallest absolute Gasteiger partial charge is 0.462 e. The number of carbonyl (C=O) groups is 4. The van der Waals surface area contributed by atoms with Crippen molar-refractivity contribution in [3.8, 4) is 0 Å². The van der Waals surface area contributed by atoms with Gasteiger partial charge in [-0.05, 0) is 51.4 Å².